The molecular formula is C14H18F3NS. The average Bonchev–Trinajstić information content (AvgIpc) is 2.39. The van der Waals surface area contributed by atoms with E-state index in [1.54, 1.807) is 24.1 Å². The summed E-state index contributed by atoms with van der Waals surface area (Å²) >= 11 is 1.56. The zero-order valence-corrected chi connectivity index (χ0v) is 11.7. The maximum Gasteiger partial charge on any atom is 0.416 e. The van der Waals surface area contributed by atoms with Crippen LogP contribution in [0.5, 0.6) is 0 Å². The van der Waals surface area contributed by atoms with Crippen LogP contribution in [0.2, 0.25) is 0 Å². The second-order valence-electron chi connectivity index (χ2n) is 4.89. The van der Waals surface area contributed by atoms with Gasteiger partial charge >= 0.3 is 6.18 Å². The Morgan fingerprint density at radius 3 is 2.21 bits per heavy atom. The quantitative estimate of drug-likeness (QED) is 0.733. The van der Waals surface area contributed by atoms with E-state index in [4.69, 9.17) is 0 Å². The van der Waals surface area contributed by atoms with E-state index in [0.29, 0.717) is 0 Å². The number of nitrogens with zero attached hydrogens (tertiary/aromatic N) is 1. The molecule has 0 aromatic heterocycles. The minimum atomic E-state index is -4.25. The smallest absolute Gasteiger partial charge is 0.246 e. The molecule has 1 nitrogen and oxygen atoms in total. The summed E-state index contributed by atoms with van der Waals surface area (Å²) in [6.45, 7) is 4.25. The van der Waals surface area contributed by atoms with Gasteiger partial charge in [-0.2, -0.15) is 13.2 Å². The van der Waals surface area contributed by atoms with Crippen molar-refractivity contribution in [3.8, 4) is 0 Å². The number of halogens is 3. The van der Waals surface area contributed by atoms with Crippen molar-refractivity contribution in [2.45, 2.75) is 37.3 Å². The van der Waals surface area contributed by atoms with Crippen LogP contribution in [0.4, 0.5) is 13.2 Å². The second-order valence-corrected chi connectivity index (χ2v) is 6.06. The zero-order valence-electron chi connectivity index (χ0n) is 10.9. The minimum Gasteiger partial charge on any atom is -0.246 e. The van der Waals surface area contributed by atoms with E-state index in [0.717, 1.165) is 36.0 Å². The van der Waals surface area contributed by atoms with Crippen molar-refractivity contribution in [2.75, 3.05) is 13.1 Å². The molecule has 1 aliphatic rings. The first kappa shape index (κ1) is 14.7. The summed E-state index contributed by atoms with van der Waals surface area (Å²) in [6, 6.07) is 5.42. The lowest BCUT2D eigenvalue weighted by Gasteiger charge is -2.30. The van der Waals surface area contributed by atoms with Crippen LogP contribution in [-0.4, -0.2) is 17.4 Å². The molecule has 1 aromatic rings. The van der Waals surface area contributed by atoms with Gasteiger partial charge in [-0.05, 0) is 55.0 Å². The summed E-state index contributed by atoms with van der Waals surface area (Å²) in [4.78, 5) is 0.878. The molecule has 2 rings (SSSR count). The molecule has 19 heavy (non-hydrogen) atoms. The van der Waals surface area contributed by atoms with Gasteiger partial charge < -0.3 is 0 Å². The third kappa shape index (κ3) is 4.14. The normalized spacial score (nSPS) is 18.7. The second kappa shape index (κ2) is 6.18. The summed E-state index contributed by atoms with van der Waals surface area (Å²) in [5.74, 6) is 0.810. The Morgan fingerprint density at radius 2 is 1.74 bits per heavy atom. The van der Waals surface area contributed by atoms with Crippen LogP contribution < -0.4 is 0 Å². The minimum absolute atomic E-state index is 0.582. The van der Waals surface area contributed by atoms with Gasteiger partial charge in [-0.15, -0.1) is 0 Å². The van der Waals surface area contributed by atoms with Crippen molar-refractivity contribution >= 4 is 11.9 Å². The molecule has 1 fully saturated rings. The molecule has 1 aromatic carbocycles. The van der Waals surface area contributed by atoms with Gasteiger partial charge in [0.25, 0.3) is 0 Å². The number of benzene rings is 1. The first-order valence-corrected chi connectivity index (χ1v) is 7.36. The van der Waals surface area contributed by atoms with E-state index in [9.17, 15) is 13.2 Å². The van der Waals surface area contributed by atoms with Gasteiger partial charge in [-0.1, -0.05) is 13.3 Å². The molecule has 0 aliphatic carbocycles. The lowest BCUT2D eigenvalue weighted by atomic mass is 9.96. The number of hydrogen-bond acceptors (Lipinski definition) is 2. The van der Waals surface area contributed by atoms with Crippen LogP contribution in [0.25, 0.3) is 0 Å². The Bertz CT molecular complexity index is 394. The summed E-state index contributed by atoms with van der Waals surface area (Å²) < 4.78 is 39.6. The molecule has 5 heteroatoms. The Labute approximate surface area is 116 Å². The standard InChI is InChI=1S/C14H18F3NS/c1-2-11-7-9-18(10-8-11)19-13-5-3-12(4-6-13)14(15,16)17/h3-6,11H,2,7-10H2,1H3. The third-order valence-electron chi connectivity index (χ3n) is 3.57. The molecule has 0 radical (unpaired) electrons. The summed E-state index contributed by atoms with van der Waals surface area (Å²) in [6.07, 6.45) is -0.657. The van der Waals surface area contributed by atoms with E-state index in [1.165, 1.54) is 19.3 Å². The number of hydrogen-bond donors (Lipinski definition) is 0. The fourth-order valence-electron chi connectivity index (χ4n) is 2.26. The number of piperidine rings is 1. The highest BCUT2D eigenvalue weighted by atomic mass is 32.2. The highest BCUT2D eigenvalue weighted by Gasteiger charge is 2.30. The highest BCUT2D eigenvalue weighted by molar-refractivity contribution is 7.97. The molecule has 106 valence electrons. The largest absolute Gasteiger partial charge is 0.416 e. The van der Waals surface area contributed by atoms with Gasteiger partial charge in [-0.3, -0.25) is 0 Å². The van der Waals surface area contributed by atoms with E-state index in [-0.39, 0.29) is 0 Å². The van der Waals surface area contributed by atoms with Crippen molar-refractivity contribution in [1.29, 1.82) is 0 Å². The molecule has 0 bridgehead atoms. The SMILES string of the molecule is CCC1CCN(Sc2ccc(C(F)(F)F)cc2)CC1. The van der Waals surface area contributed by atoms with E-state index < -0.39 is 11.7 Å². The van der Waals surface area contributed by atoms with Gasteiger partial charge in [0.1, 0.15) is 0 Å². The summed E-state index contributed by atoms with van der Waals surface area (Å²) in [5.41, 5.74) is -0.582. The van der Waals surface area contributed by atoms with E-state index in [1.807, 2.05) is 0 Å². The zero-order chi connectivity index (χ0) is 13.9. The van der Waals surface area contributed by atoms with E-state index in [2.05, 4.69) is 11.2 Å². The molecule has 1 aliphatic heterocycles. The van der Waals surface area contributed by atoms with Crippen molar-refractivity contribution in [3.05, 3.63) is 29.8 Å². The predicted molar refractivity (Wildman–Crippen MR) is 71.9 cm³/mol. The van der Waals surface area contributed by atoms with Crippen molar-refractivity contribution in [3.63, 3.8) is 0 Å². The maximum atomic E-state index is 12.4. The van der Waals surface area contributed by atoms with Crippen LogP contribution in [0.3, 0.4) is 0 Å². The Kier molecular flexibility index (Phi) is 4.79. The fraction of sp³-hybridized carbons (Fsp3) is 0.571. The van der Waals surface area contributed by atoms with Gasteiger partial charge in [-0.25, -0.2) is 4.31 Å². The van der Waals surface area contributed by atoms with Gasteiger partial charge in [0.15, 0.2) is 0 Å². The number of alkyl halides is 3. The topological polar surface area (TPSA) is 3.24 Å². The number of rotatable bonds is 3. The molecule has 0 spiro atoms. The first-order valence-electron chi connectivity index (χ1n) is 6.59. The highest BCUT2D eigenvalue weighted by Crippen LogP contribution is 2.33. The van der Waals surface area contributed by atoms with Crippen LogP contribution >= 0.6 is 11.9 Å². The molecular weight excluding hydrogens is 271 g/mol. The van der Waals surface area contributed by atoms with Crippen LogP contribution in [0.1, 0.15) is 31.7 Å². The van der Waals surface area contributed by atoms with Crippen molar-refractivity contribution in [2.24, 2.45) is 5.92 Å². The van der Waals surface area contributed by atoms with Gasteiger partial charge in [0, 0.05) is 18.0 Å². The van der Waals surface area contributed by atoms with Crippen molar-refractivity contribution in [1.82, 2.24) is 4.31 Å². The van der Waals surface area contributed by atoms with E-state index >= 15 is 0 Å². The monoisotopic (exact) mass is 289 g/mol. The average molecular weight is 289 g/mol. The van der Waals surface area contributed by atoms with Crippen LogP contribution in [0.15, 0.2) is 29.2 Å². The lowest BCUT2D eigenvalue weighted by molar-refractivity contribution is -0.137. The summed E-state index contributed by atoms with van der Waals surface area (Å²) in [7, 11) is 0. The first-order chi connectivity index (χ1) is 8.99. The molecule has 1 saturated heterocycles. The molecule has 0 amide bonds. The predicted octanol–water partition coefficient (Wildman–Crippen LogP) is 4.83. The molecule has 0 atom stereocenters. The molecule has 0 saturated carbocycles. The van der Waals surface area contributed by atoms with Gasteiger partial charge in [0.2, 0.25) is 0 Å². The van der Waals surface area contributed by atoms with Crippen molar-refractivity contribution < 1.29 is 13.2 Å². The molecule has 0 N–H and O–H groups in total. The third-order valence-corrected chi connectivity index (χ3v) is 4.67. The lowest BCUT2D eigenvalue weighted by Crippen LogP contribution is -2.28. The van der Waals surface area contributed by atoms with Gasteiger partial charge in [0.05, 0.1) is 5.56 Å². The van der Waals surface area contributed by atoms with Crippen LogP contribution in [-0.2, 0) is 6.18 Å². The molecule has 0 unspecified atom stereocenters. The maximum absolute atomic E-state index is 12.4. The Morgan fingerprint density at radius 1 is 1.16 bits per heavy atom. The molecule has 1 heterocycles. The van der Waals surface area contributed by atoms with Crippen LogP contribution in [0, 0.1) is 5.92 Å². The Balaban J connectivity index is 1.90. The summed E-state index contributed by atoms with van der Waals surface area (Å²) in [5, 5.41) is 0. The Hall–Kier alpha value is -0.680. The fourth-order valence-corrected chi connectivity index (χ4v) is 3.21.